The Morgan fingerprint density at radius 3 is 2.10 bits per heavy atom. The van der Waals surface area contributed by atoms with Crippen molar-refractivity contribution >= 4 is 35.0 Å². The van der Waals surface area contributed by atoms with Crippen molar-refractivity contribution in [3.8, 4) is 17.2 Å². The minimum atomic E-state index is -0.483. The zero-order valence-electron chi connectivity index (χ0n) is 23.4. The molecule has 4 rings (SSSR count). The summed E-state index contributed by atoms with van der Waals surface area (Å²) in [5.74, 6) is 1.41. The van der Waals surface area contributed by atoms with Crippen LogP contribution in [0.1, 0.15) is 40.9 Å². The molecule has 1 unspecified atom stereocenters. The van der Waals surface area contributed by atoms with E-state index < -0.39 is 5.25 Å². The van der Waals surface area contributed by atoms with Crippen LogP contribution in [0.2, 0.25) is 0 Å². The largest absolute Gasteiger partial charge is 0.494 e. The number of carbonyl (C=O) groups is 2. The Balaban J connectivity index is 1.43. The molecule has 2 amide bonds. The molecular formula is C33H34N2O5S. The molecule has 0 aliphatic heterocycles. The molecule has 0 heterocycles. The number of benzene rings is 4. The van der Waals surface area contributed by atoms with E-state index in [0.29, 0.717) is 35.0 Å². The molecule has 0 aromatic heterocycles. The van der Waals surface area contributed by atoms with Crippen molar-refractivity contribution in [1.29, 1.82) is 0 Å². The highest BCUT2D eigenvalue weighted by atomic mass is 32.2. The number of methoxy groups -OCH3 is 2. The summed E-state index contributed by atoms with van der Waals surface area (Å²) in [4.78, 5) is 27.1. The number of thioether (sulfide) groups is 1. The maximum atomic E-state index is 13.4. The van der Waals surface area contributed by atoms with Crippen LogP contribution in [0.15, 0.2) is 102 Å². The molecule has 0 radical (unpaired) electrons. The van der Waals surface area contributed by atoms with Crippen LogP contribution in [0.3, 0.4) is 0 Å². The third-order valence-electron chi connectivity index (χ3n) is 6.24. The van der Waals surface area contributed by atoms with E-state index in [1.807, 2.05) is 78.9 Å². The fourth-order valence-electron chi connectivity index (χ4n) is 4.01. The van der Waals surface area contributed by atoms with Crippen molar-refractivity contribution in [1.82, 2.24) is 0 Å². The van der Waals surface area contributed by atoms with Gasteiger partial charge in [-0.1, -0.05) is 43.7 Å². The van der Waals surface area contributed by atoms with E-state index in [-0.39, 0.29) is 11.8 Å². The summed E-state index contributed by atoms with van der Waals surface area (Å²) in [6.45, 7) is 2.80. The van der Waals surface area contributed by atoms with Gasteiger partial charge in [-0.3, -0.25) is 9.59 Å². The van der Waals surface area contributed by atoms with Gasteiger partial charge in [-0.15, -0.1) is 11.8 Å². The minimum absolute atomic E-state index is 0.133. The highest BCUT2D eigenvalue weighted by Crippen LogP contribution is 2.37. The van der Waals surface area contributed by atoms with E-state index in [0.717, 1.165) is 29.1 Å². The highest BCUT2D eigenvalue weighted by molar-refractivity contribution is 8.00. The van der Waals surface area contributed by atoms with Crippen LogP contribution in [0.4, 0.5) is 11.4 Å². The summed E-state index contributed by atoms with van der Waals surface area (Å²) in [5, 5.41) is 5.46. The molecule has 8 heteroatoms. The summed E-state index contributed by atoms with van der Waals surface area (Å²) in [5.41, 5.74) is 2.67. The van der Waals surface area contributed by atoms with Crippen LogP contribution < -0.4 is 24.8 Å². The molecule has 212 valence electrons. The lowest BCUT2D eigenvalue weighted by Gasteiger charge is -2.18. The standard InChI is InChI=1S/C33H34N2O5S/c1-4-5-21-40-27-16-12-25(13-17-27)35-33(37)31(23-9-7-6-8-10-23)41-28-18-14-26(15-19-28)34-32(36)24-11-20-29(38-2)30(22-24)39-3/h6-20,22,31H,4-5,21H2,1-3H3,(H,34,36)(H,35,37). The average Bonchev–Trinajstić information content (AvgIpc) is 3.01. The van der Waals surface area contributed by atoms with Crippen LogP contribution in [-0.2, 0) is 4.79 Å². The predicted molar refractivity (Wildman–Crippen MR) is 164 cm³/mol. The van der Waals surface area contributed by atoms with Crippen molar-refractivity contribution in [3.05, 3.63) is 108 Å². The fraction of sp³-hybridized carbons (Fsp3) is 0.212. The molecule has 0 saturated carbocycles. The third-order valence-corrected chi connectivity index (χ3v) is 7.51. The Morgan fingerprint density at radius 1 is 0.780 bits per heavy atom. The van der Waals surface area contributed by atoms with Gasteiger partial charge >= 0.3 is 0 Å². The zero-order valence-corrected chi connectivity index (χ0v) is 24.2. The molecule has 0 bridgehead atoms. The molecule has 0 fully saturated rings. The number of carbonyl (C=O) groups excluding carboxylic acids is 2. The maximum absolute atomic E-state index is 13.4. The van der Waals surface area contributed by atoms with E-state index in [1.165, 1.54) is 18.9 Å². The first-order chi connectivity index (χ1) is 20.0. The Kier molecular flexibility index (Phi) is 10.7. The van der Waals surface area contributed by atoms with Gasteiger partial charge in [0, 0.05) is 21.8 Å². The number of amides is 2. The van der Waals surface area contributed by atoms with Crippen molar-refractivity contribution in [2.45, 2.75) is 29.9 Å². The molecule has 0 aliphatic carbocycles. The van der Waals surface area contributed by atoms with Gasteiger partial charge in [-0.2, -0.15) is 0 Å². The van der Waals surface area contributed by atoms with Crippen LogP contribution in [0, 0.1) is 0 Å². The Morgan fingerprint density at radius 2 is 1.44 bits per heavy atom. The Hall–Kier alpha value is -4.43. The minimum Gasteiger partial charge on any atom is -0.494 e. The van der Waals surface area contributed by atoms with Crippen molar-refractivity contribution in [2.75, 3.05) is 31.5 Å². The summed E-state index contributed by atoms with van der Waals surface area (Å²) < 4.78 is 16.3. The number of unbranched alkanes of at least 4 members (excludes halogenated alkanes) is 1. The van der Waals surface area contributed by atoms with Crippen LogP contribution in [-0.4, -0.2) is 32.6 Å². The van der Waals surface area contributed by atoms with Crippen LogP contribution >= 0.6 is 11.8 Å². The molecule has 7 nitrogen and oxygen atoms in total. The van der Waals surface area contributed by atoms with E-state index in [4.69, 9.17) is 14.2 Å². The van der Waals surface area contributed by atoms with Crippen molar-refractivity contribution in [3.63, 3.8) is 0 Å². The summed E-state index contributed by atoms with van der Waals surface area (Å²) in [6.07, 6.45) is 2.07. The number of ether oxygens (including phenoxy) is 3. The average molecular weight is 571 g/mol. The number of anilines is 2. The van der Waals surface area contributed by atoms with Crippen molar-refractivity contribution in [2.24, 2.45) is 0 Å². The van der Waals surface area contributed by atoms with E-state index in [2.05, 4.69) is 17.6 Å². The highest BCUT2D eigenvalue weighted by Gasteiger charge is 2.22. The van der Waals surface area contributed by atoms with Gasteiger partial charge in [-0.25, -0.2) is 0 Å². The molecule has 1 atom stereocenters. The van der Waals surface area contributed by atoms with Crippen LogP contribution in [0.5, 0.6) is 17.2 Å². The molecule has 2 N–H and O–H groups in total. The Labute approximate surface area is 245 Å². The summed E-state index contributed by atoms with van der Waals surface area (Å²) >= 11 is 1.44. The second kappa shape index (κ2) is 14.8. The topological polar surface area (TPSA) is 85.9 Å². The van der Waals surface area contributed by atoms with E-state index in [9.17, 15) is 9.59 Å². The molecule has 4 aromatic rings. The lowest BCUT2D eigenvalue weighted by atomic mass is 10.1. The van der Waals surface area contributed by atoms with Gasteiger partial charge in [-0.05, 0) is 78.7 Å². The van der Waals surface area contributed by atoms with E-state index >= 15 is 0 Å². The first kappa shape index (κ1) is 29.6. The SMILES string of the molecule is CCCCOc1ccc(NC(=O)C(Sc2ccc(NC(=O)c3ccc(OC)c(OC)c3)cc2)c2ccccc2)cc1. The second-order valence-corrected chi connectivity index (χ2v) is 10.4. The van der Waals surface area contributed by atoms with Gasteiger partial charge in [0.25, 0.3) is 5.91 Å². The molecule has 0 aliphatic rings. The van der Waals surface area contributed by atoms with Gasteiger partial charge in [0.1, 0.15) is 11.0 Å². The monoisotopic (exact) mass is 570 g/mol. The fourth-order valence-corrected chi connectivity index (χ4v) is 5.04. The predicted octanol–water partition coefficient (Wildman–Crippen LogP) is 7.61. The van der Waals surface area contributed by atoms with Crippen LogP contribution in [0.25, 0.3) is 0 Å². The molecular weight excluding hydrogens is 536 g/mol. The molecule has 4 aromatic carbocycles. The van der Waals surface area contributed by atoms with E-state index in [1.54, 1.807) is 25.3 Å². The number of nitrogens with one attached hydrogen (secondary N) is 2. The molecule has 41 heavy (non-hydrogen) atoms. The van der Waals surface area contributed by atoms with Crippen molar-refractivity contribution < 1.29 is 23.8 Å². The maximum Gasteiger partial charge on any atom is 0.255 e. The summed E-state index contributed by atoms with van der Waals surface area (Å²) in [7, 11) is 3.07. The number of rotatable bonds is 13. The normalized spacial score (nSPS) is 11.3. The van der Waals surface area contributed by atoms with Gasteiger partial charge in [0.05, 0.1) is 20.8 Å². The molecule has 0 spiro atoms. The first-order valence-electron chi connectivity index (χ1n) is 13.4. The third kappa shape index (κ3) is 8.28. The molecule has 0 saturated heterocycles. The van der Waals surface area contributed by atoms with Gasteiger partial charge < -0.3 is 24.8 Å². The van der Waals surface area contributed by atoms with Gasteiger partial charge in [0.15, 0.2) is 11.5 Å². The number of hydrogen-bond acceptors (Lipinski definition) is 6. The summed E-state index contributed by atoms with van der Waals surface area (Å²) in [6, 6.07) is 29.5. The number of hydrogen-bond donors (Lipinski definition) is 2. The lowest BCUT2D eigenvalue weighted by Crippen LogP contribution is -2.19. The zero-order chi connectivity index (χ0) is 29.0. The van der Waals surface area contributed by atoms with Gasteiger partial charge in [0.2, 0.25) is 5.91 Å². The smallest absolute Gasteiger partial charge is 0.255 e. The quantitative estimate of drug-likeness (QED) is 0.127. The Bertz CT molecular complexity index is 1430. The second-order valence-electron chi connectivity index (χ2n) is 9.17. The first-order valence-corrected chi connectivity index (χ1v) is 14.3. The lowest BCUT2D eigenvalue weighted by molar-refractivity contribution is -0.115.